The summed E-state index contributed by atoms with van der Waals surface area (Å²) < 4.78 is 0. The van der Waals surface area contributed by atoms with E-state index in [0.29, 0.717) is 10.7 Å². The number of benzene rings is 1. The van der Waals surface area contributed by atoms with E-state index in [0.717, 1.165) is 25.9 Å². The van der Waals surface area contributed by atoms with Crippen molar-refractivity contribution in [2.75, 3.05) is 18.4 Å². The van der Waals surface area contributed by atoms with Crippen LogP contribution in [0.15, 0.2) is 24.3 Å². The minimum absolute atomic E-state index is 0.114. The molecule has 96 valence electrons. The highest BCUT2D eigenvalue weighted by atomic mass is 35.5. The molecule has 1 N–H and O–H groups in total. The van der Waals surface area contributed by atoms with Crippen molar-refractivity contribution in [2.24, 2.45) is 0 Å². The van der Waals surface area contributed by atoms with E-state index in [2.05, 4.69) is 5.32 Å². The third kappa shape index (κ3) is 3.23. The van der Waals surface area contributed by atoms with Gasteiger partial charge in [-0.3, -0.25) is 9.59 Å². The van der Waals surface area contributed by atoms with Crippen LogP contribution in [0.25, 0.3) is 0 Å². The van der Waals surface area contributed by atoms with Crippen molar-refractivity contribution in [3.05, 3.63) is 29.3 Å². The van der Waals surface area contributed by atoms with Gasteiger partial charge in [-0.2, -0.15) is 0 Å². The van der Waals surface area contributed by atoms with E-state index in [1.165, 1.54) is 0 Å². The molecule has 0 atom stereocenters. The summed E-state index contributed by atoms with van der Waals surface area (Å²) in [4.78, 5) is 25.2. The van der Waals surface area contributed by atoms with E-state index in [1.54, 1.807) is 29.2 Å². The molecule has 1 aromatic carbocycles. The Morgan fingerprint density at radius 2 is 1.89 bits per heavy atom. The molecule has 2 rings (SSSR count). The van der Waals surface area contributed by atoms with E-state index >= 15 is 0 Å². The molecule has 4 nitrogen and oxygen atoms in total. The Labute approximate surface area is 111 Å². The van der Waals surface area contributed by atoms with Crippen LogP contribution in [0.3, 0.4) is 0 Å². The minimum Gasteiger partial charge on any atom is -0.342 e. The highest BCUT2D eigenvalue weighted by molar-refractivity contribution is 6.33. The molecule has 0 spiro atoms. The maximum Gasteiger partial charge on any atom is 0.233 e. The van der Waals surface area contributed by atoms with Crippen LogP contribution in [-0.4, -0.2) is 29.8 Å². The molecule has 1 aliphatic heterocycles. The molecule has 1 aromatic rings. The molecule has 0 aliphatic carbocycles. The minimum atomic E-state index is -0.319. The molecular weight excluding hydrogens is 252 g/mol. The monoisotopic (exact) mass is 266 g/mol. The van der Waals surface area contributed by atoms with Gasteiger partial charge < -0.3 is 10.2 Å². The number of likely N-dealkylation sites (tertiary alicyclic amines) is 1. The van der Waals surface area contributed by atoms with Gasteiger partial charge in [0.05, 0.1) is 10.7 Å². The average molecular weight is 267 g/mol. The molecular formula is C13H15ClN2O2. The first-order valence-corrected chi connectivity index (χ1v) is 6.37. The zero-order valence-corrected chi connectivity index (χ0v) is 10.7. The predicted octanol–water partition coefficient (Wildman–Crippen LogP) is 2.29. The molecule has 0 saturated carbocycles. The molecule has 0 bridgehead atoms. The summed E-state index contributed by atoms with van der Waals surface area (Å²) in [6.07, 6.45) is 1.93. The molecule has 1 heterocycles. The molecule has 1 aliphatic rings. The summed E-state index contributed by atoms with van der Waals surface area (Å²) in [5.41, 5.74) is 0.540. The number of halogens is 1. The van der Waals surface area contributed by atoms with Crippen molar-refractivity contribution in [3.63, 3.8) is 0 Å². The fourth-order valence-corrected chi connectivity index (χ4v) is 2.16. The molecule has 1 fully saturated rings. The maximum atomic E-state index is 11.8. The van der Waals surface area contributed by atoms with Crippen LogP contribution >= 0.6 is 11.6 Å². The van der Waals surface area contributed by atoms with Crippen molar-refractivity contribution in [1.82, 2.24) is 4.90 Å². The molecule has 0 radical (unpaired) electrons. The number of anilines is 1. The fourth-order valence-electron chi connectivity index (χ4n) is 1.97. The van der Waals surface area contributed by atoms with Crippen LogP contribution in [-0.2, 0) is 9.59 Å². The lowest BCUT2D eigenvalue weighted by Gasteiger charge is -2.15. The average Bonchev–Trinajstić information content (AvgIpc) is 2.85. The van der Waals surface area contributed by atoms with Crippen molar-refractivity contribution >= 4 is 29.1 Å². The number of nitrogens with zero attached hydrogens (tertiary/aromatic N) is 1. The highest BCUT2D eigenvalue weighted by Gasteiger charge is 2.20. The normalized spacial score (nSPS) is 14.6. The Bertz CT molecular complexity index is 456. The Morgan fingerprint density at radius 3 is 2.56 bits per heavy atom. The van der Waals surface area contributed by atoms with Gasteiger partial charge in [-0.15, -0.1) is 0 Å². The van der Waals surface area contributed by atoms with E-state index in [1.807, 2.05) is 0 Å². The number of nitrogens with one attached hydrogen (secondary N) is 1. The van der Waals surface area contributed by atoms with Gasteiger partial charge in [-0.1, -0.05) is 23.7 Å². The molecule has 18 heavy (non-hydrogen) atoms. The van der Waals surface area contributed by atoms with E-state index in [4.69, 9.17) is 11.6 Å². The number of hydrogen-bond acceptors (Lipinski definition) is 2. The van der Waals surface area contributed by atoms with Gasteiger partial charge in [0.2, 0.25) is 11.8 Å². The third-order valence-corrected chi connectivity index (χ3v) is 3.25. The van der Waals surface area contributed by atoms with Crippen LogP contribution < -0.4 is 5.32 Å². The third-order valence-electron chi connectivity index (χ3n) is 2.92. The lowest BCUT2D eigenvalue weighted by atomic mass is 10.3. The fraction of sp³-hybridized carbons (Fsp3) is 0.385. The molecule has 5 heteroatoms. The largest absolute Gasteiger partial charge is 0.342 e. The summed E-state index contributed by atoms with van der Waals surface area (Å²) in [7, 11) is 0. The van der Waals surface area contributed by atoms with Crippen LogP contribution in [0.2, 0.25) is 5.02 Å². The molecule has 0 unspecified atom stereocenters. The van der Waals surface area contributed by atoms with Crippen LogP contribution in [0.5, 0.6) is 0 Å². The predicted molar refractivity (Wildman–Crippen MR) is 70.5 cm³/mol. The van der Waals surface area contributed by atoms with Crippen molar-refractivity contribution in [3.8, 4) is 0 Å². The van der Waals surface area contributed by atoms with Gasteiger partial charge in [-0.25, -0.2) is 0 Å². The first kappa shape index (κ1) is 12.9. The smallest absolute Gasteiger partial charge is 0.233 e. The van der Waals surface area contributed by atoms with Crippen molar-refractivity contribution < 1.29 is 9.59 Å². The maximum absolute atomic E-state index is 11.8. The van der Waals surface area contributed by atoms with Crippen LogP contribution in [0, 0.1) is 0 Å². The van der Waals surface area contributed by atoms with E-state index in [-0.39, 0.29) is 18.2 Å². The number of carbonyl (C=O) groups excluding carboxylic acids is 2. The topological polar surface area (TPSA) is 49.4 Å². The van der Waals surface area contributed by atoms with Gasteiger partial charge in [0.1, 0.15) is 6.42 Å². The number of hydrogen-bond donors (Lipinski definition) is 1. The lowest BCUT2D eigenvalue weighted by molar-refractivity contribution is -0.133. The van der Waals surface area contributed by atoms with Crippen LogP contribution in [0.4, 0.5) is 5.69 Å². The van der Waals surface area contributed by atoms with Gasteiger partial charge in [-0.05, 0) is 25.0 Å². The summed E-state index contributed by atoms with van der Waals surface area (Å²) in [6.45, 7) is 1.52. The van der Waals surface area contributed by atoms with E-state index in [9.17, 15) is 9.59 Å². The molecule has 2 amide bonds. The number of carbonyl (C=O) groups is 2. The first-order chi connectivity index (χ1) is 8.66. The zero-order valence-electron chi connectivity index (χ0n) is 9.99. The second-order valence-corrected chi connectivity index (χ2v) is 4.70. The summed E-state index contributed by atoms with van der Waals surface area (Å²) in [6, 6.07) is 6.97. The van der Waals surface area contributed by atoms with Crippen molar-refractivity contribution in [2.45, 2.75) is 19.3 Å². The van der Waals surface area contributed by atoms with E-state index < -0.39 is 0 Å². The van der Waals surface area contributed by atoms with Crippen molar-refractivity contribution in [1.29, 1.82) is 0 Å². The number of para-hydroxylation sites is 1. The second-order valence-electron chi connectivity index (χ2n) is 4.29. The zero-order chi connectivity index (χ0) is 13.0. The quantitative estimate of drug-likeness (QED) is 0.854. The summed E-state index contributed by atoms with van der Waals surface area (Å²) >= 11 is 5.92. The Balaban J connectivity index is 1.89. The van der Waals surface area contributed by atoms with Gasteiger partial charge in [0.15, 0.2) is 0 Å². The number of rotatable bonds is 3. The van der Waals surface area contributed by atoms with Crippen LogP contribution in [0.1, 0.15) is 19.3 Å². The highest BCUT2D eigenvalue weighted by Crippen LogP contribution is 2.20. The Kier molecular flexibility index (Phi) is 4.20. The molecule has 0 aromatic heterocycles. The van der Waals surface area contributed by atoms with Gasteiger partial charge >= 0.3 is 0 Å². The lowest BCUT2D eigenvalue weighted by Crippen LogP contribution is -2.31. The Morgan fingerprint density at radius 1 is 1.22 bits per heavy atom. The Hall–Kier alpha value is -1.55. The SMILES string of the molecule is O=C(CC(=O)N1CCCC1)Nc1ccccc1Cl. The molecule has 1 saturated heterocycles. The van der Waals surface area contributed by atoms with Gasteiger partial charge in [0, 0.05) is 13.1 Å². The van der Waals surface area contributed by atoms with Gasteiger partial charge in [0.25, 0.3) is 0 Å². The number of amides is 2. The first-order valence-electron chi connectivity index (χ1n) is 5.99. The summed E-state index contributed by atoms with van der Waals surface area (Å²) in [5, 5.41) is 3.12. The standard InChI is InChI=1S/C13H15ClN2O2/c14-10-5-1-2-6-11(10)15-12(17)9-13(18)16-7-3-4-8-16/h1-2,5-6H,3-4,7-9H2,(H,15,17). The second kappa shape index (κ2) is 5.87. The summed E-state index contributed by atoms with van der Waals surface area (Å²) in [5.74, 6) is -0.433.